The van der Waals surface area contributed by atoms with Gasteiger partial charge in [-0.3, -0.25) is 19.2 Å². The van der Waals surface area contributed by atoms with E-state index in [1.165, 1.54) is 6.92 Å². The SMILES string of the molecule is COC(=O)[C@H]1CCc2nc3c(cccc3o2)C[C@@H](NC(C)=O)C(=O)N[C@H](CC(=O)O)C(=O)N1. The molecule has 12 heteroatoms. The van der Waals surface area contributed by atoms with Crippen LogP contribution in [0.1, 0.15) is 31.2 Å². The van der Waals surface area contributed by atoms with Crippen LogP contribution >= 0.6 is 0 Å². The Bertz CT molecular complexity index is 1100. The van der Waals surface area contributed by atoms with E-state index >= 15 is 0 Å². The van der Waals surface area contributed by atoms with Gasteiger partial charge in [0.25, 0.3) is 0 Å². The number of aryl methyl sites for hydroxylation is 1. The zero-order chi connectivity index (χ0) is 24.1. The standard InChI is InChI=1S/C21H24N4O8/c1-10(26)22-13-8-11-4-3-5-15-18(11)25-16(33-15)7-6-12(21(31)32-2)23-20(30)14(9-17(27)28)24-19(13)29/h3-5,12-14H,6-9H2,1-2H3,(H,22,26)(H,23,30)(H,24,29)(H,27,28)/t12-,13-,14-/m1/s1. The first kappa shape index (κ1) is 23.7. The number of carbonyl (C=O) groups excluding carboxylic acids is 4. The van der Waals surface area contributed by atoms with Crippen LogP contribution in [-0.4, -0.2) is 65.0 Å². The van der Waals surface area contributed by atoms with Gasteiger partial charge in [-0.05, 0) is 18.1 Å². The summed E-state index contributed by atoms with van der Waals surface area (Å²) in [5.41, 5.74) is 1.56. The molecule has 4 N–H and O–H groups in total. The molecule has 0 aliphatic carbocycles. The van der Waals surface area contributed by atoms with E-state index in [0.29, 0.717) is 22.6 Å². The summed E-state index contributed by atoms with van der Waals surface area (Å²) in [6.07, 6.45) is -0.447. The number of aliphatic carboxylic acids is 1. The van der Waals surface area contributed by atoms with E-state index in [-0.39, 0.29) is 19.3 Å². The van der Waals surface area contributed by atoms with Crippen molar-refractivity contribution in [1.29, 1.82) is 0 Å². The molecule has 0 radical (unpaired) electrons. The third-order valence-corrected chi connectivity index (χ3v) is 5.13. The Morgan fingerprint density at radius 1 is 1.24 bits per heavy atom. The number of benzene rings is 1. The van der Waals surface area contributed by atoms with Crippen LogP contribution in [0.25, 0.3) is 11.1 Å². The summed E-state index contributed by atoms with van der Waals surface area (Å²) in [7, 11) is 1.15. The zero-order valence-corrected chi connectivity index (χ0v) is 18.0. The number of nitrogens with one attached hydrogen (secondary N) is 3. The fourth-order valence-corrected chi connectivity index (χ4v) is 3.59. The molecule has 12 nitrogen and oxygen atoms in total. The monoisotopic (exact) mass is 460 g/mol. The van der Waals surface area contributed by atoms with Gasteiger partial charge in [-0.25, -0.2) is 9.78 Å². The largest absolute Gasteiger partial charge is 0.481 e. The van der Waals surface area contributed by atoms with Crippen molar-refractivity contribution in [2.24, 2.45) is 0 Å². The normalized spacial score (nSPS) is 21.6. The highest BCUT2D eigenvalue weighted by Crippen LogP contribution is 2.22. The number of oxazole rings is 1. The lowest BCUT2D eigenvalue weighted by atomic mass is 10.0. The lowest BCUT2D eigenvalue weighted by Gasteiger charge is -2.24. The summed E-state index contributed by atoms with van der Waals surface area (Å²) in [4.78, 5) is 65.5. The number of nitrogens with zero attached hydrogens (tertiary/aromatic N) is 1. The summed E-state index contributed by atoms with van der Waals surface area (Å²) in [5, 5.41) is 16.5. The molecule has 0 fully saturated rings. The van der Waals surface area contributed by atoms with Crippen LogP contribution < -0.4 is 16.0 Å². The molecule has 2 aromatic rings. The Morgan fingerprint density at radius 2 is 2.00 bits per heavy atom. The van der Waals surface area contributed by atoms with Gasteiger partial charge in [-0.2, -0.15) is 0 Å². The second-order valence-corrected chi connectivity index (χ2v) is 7.61. The number of ether oxygens (including phenoxy) is 1. The Morgan fingerprint density at radius 3 is 2.67 bits per heavy atom. The molecule has 0 spiro atoms. The van der Waals surface area contributed by atoms with Crippen molar-refractivity contribution in [3.05, 3.63) is 29.7 Å². The van der Waals surface area contributed by atoms with Gasteiger partial charge in [0, 0.05) is 19.8 Å². The number of hydrogen-bond acceptors (Lipinski definition) is 8. The third-order valence-electron chi connectivity index (χ3n) is 5.13. The lowest BCUT2D eigenvalue weighted by Crippen LogP contribution is -2.56. The highest BCUT2D eigenvalue weighted by atomic mass is 16.5. The van der Waals surface area contributed by atoms with E-state index in [0.717, 1.165) is 7.11 Å². The lowest BCUT2D eigenvalue weighted by molar-refractivity contribution is -0.146. The topological polar surface area (TPSA) is 177 Å². The van der Waals surface area contributed by atoms with Crippen molar-refractivity contribution in [2.75, 3.05) is 7.11 Å². The van der Waals surface area contributed by atoms with Crippen LogP contribution in [-0.2, 0) is 41.6 Å². The van der Waals surface area contributed by atoms with Gasteiger partial charge in [0.2, 0.25) is 17.7 Å². The van der Waals surface area contributed by atoms with E-state index < -0.39 is 54.2 Å². The zero-order valence-electron chi connectivity index (χ0n) is 18.0. The van der Waals surface area contributed by atoms with E-state index in [1.807, 2.05) is 0 Å². The van der Waals surface area contributed by atoms with E-state index in [2.05, 4.69) is 20.9 Å². The number of aromatic nitrogens is 1. The van der Waals surface area contributed by atoms with Crippen molar-refractivity contribution in [2.45, 2.75) is 50.7 Å². The number of rotatable bonds is 4. The number of carboxylic acid groups (broad SMARTS) is 1. The molecule has 0 saturated carbocycles. The number of esters is 1. The molecule has 33 heavy (non-hydrogen) atoms. The molecular formula is C21H24N4O8. The maximum atomic E-state index is 13.0. The number of methoxy groups -OCH3 is 1. The molecule has 3 amide bonds. The highest BCUT2D eigenvalue weighted by Gasteiger charge is 2.32. The van der Waals surface area contributed by atoms with Gasteiger partial charge in [-0.1, -0.05) is 12.1 Å². The van der Waals surface area contributed by atoms with E-state index in [9.17, 15) is 29.1 Å². The quantitative estimate of drug-likeness (QED) is 0.435. The molecule has 176 valence electrons. The minimum absolute atomic E-state index is 0.0287. The maximum absolute atomic E-state index is 13.0. The van der Waals surface area contributed by atoms with Gasteiger partial charge in [0.15, 0.2) is 11.5 Å². The smallest absolute Gasteiger partial charge is 0.328 e. The molecule has 1 aliphatic heterocycles. The van der Waals surface area contributed by atoms with Crippen LogP contribution in [0.2, 0.25) is 0 Å². The minimum Gasteiger partial charge on any atom is -0.481 e. The van der Waals surface area contributed by atoms with Crippen molar-refractivity contribution in [3.63, 3.8) is 0 Å². The highest BCUT2D eigenvalue weighted by molar-refractivity contribution is 5.95. The first-order chi connectivity index (χ1) is 15.7. The van der Waals surface area contributed by atoms with E-state index in [4.69, 9.17) is 9.15 Å². The number of amides is 3. The molecule has 3 rings (SSSR count). The van der Waals surface area contributed by atoms with Gasteiger partial charge in [0.1, 0.15) is 23.6 Å². The van der Waals surface area contributed by atoms with Gasteiger partial charge < -0.3 is 30.2 Å². The fraction of sp³-hybridized carbons (Fsp3) is 0.429. The number of carbonyl (C=O) groups is 5. The Balaban J connectivity index is 2.05. The maximum Gasteiger partial charge on any atom is 0.328 e. The third kappa shape index (κ3) is 5.84. The average Bonchev–Trinajstić information content (AvgIpc) is 3.17. The number of para-hydroxylation sites is 1. The molecular weight excluding hydrogens is 436 g/mol. The molecule has 3 atom stereocenters. The first-order valence-electron chi connectivity index (χ1n) is 10.2. The molecule has 0 unspecified atom stereocenters. The molecule has 1 aromatic heterocycles. The van der Waals surface area contributed by atoms with Crippen molar-refractivity contribution in [3.8, 4) is 0 Å². The second kappa shape index (κ2) is 10.1. The van der Waals surface area contributed by atoms with Gasteiger partial charge >= 0.3 is 11.9 Å². The molecule has 1 aliphatic rings. The Hall–Kier alpha value is -3.96. The van der Waals surface area contributed by atoms with Crippen LogP contribution in [0.4, 0.5) is 0 Å². The Labute approximate surface area is 188 Å². The number of hydrogen-bond donors (Lipinski definition) is 4. The van der Waals surface area contributed by atoms with Crippen molar-refractivity contribution >= 4 is 40.8 Å². The molecule has 1 aromatic carbocycles. The van der Waals surface area contributed by atoms with Crippen LogP contribution in [0.15, 0.2) is 22.6 Å². The molecule has 2 bridgehead atoms. The van der Waals surface area contributed by atoms with Gasteiger partial charge in [-0.15, -0.1) is 0 Å². The summed E-state index contributed by atoms with van der Waals surface area (Å²) < 4.78 is 10.5. The summed E-state index contributed by atoms with van der Waals surface area (Å²) in [6.45, 7) is 1.23. The molecule has 0 saturated heterocycles. The Kier molecular flexibility index (Phi) is 7.26. The minimum atomic E-state index is -1.48. The number of fused-ring (bicyclic) bond motifs is 1. The summed E-state index contributed by atoms with van der Waals surface area (Å²) in [6, 6.07) is 1.41. The fourth-order valence-electron chi connectivity index (χ4n) is 3.59. The van der Waals surface area contributed by atoms with Crippen molar-refractivity contribution in [1.82, 2.24) is 20.9 Å². The van der Waals surface area contributed by atoms with E-state index in [1.54, 1.807) is 18.2 Å². The predicted molar refractivity (Wildman–Crippen MR) is 112 cm³/mol. The summed E-state index contributed by atoms with van der Waals surface area (Å²) >= 11 is 0. The summed E-state index contributed by atoms with van der Waals surface area (Å²) in [5.74, 6) is -3.91. The second-order valence-electron chi connectivity index (χ2n) is 7.61. The van der Waals surface area contributed by atoms with Crippen LogP contribution in [0, 0.1) is 0 Å². The van der Waals surface area contributed by atoms with Crippen molar-refractivity contribution < 1.29 is 38.2 Å². The molecule has 2 heterocycles. The first-order valence-corrected chi connectivity index (χ1v) is 10.2. The predicted octanol–water partition coefficient (Wildman–Crippen LogP) is -0.561. The number of carboxylic acids is 1. The van der Waals surface area contributed by atoms with Gasteiger partial charge in [0.05, 0.1) is 13.5 Å². The van der Waals surface area contributed by atoms with Crippen LogP contribution in [0.3, 0.4) is 0 Å². The average molecular weight is 460 g/mol. The van der Waals surface area contributed by atoms with Crippen LogP contribution in [0.5, 0.6) is 0 Å².